The number of hydrogen-bond acceptors (Lipinski definition) is 14. The molecular weight excluding hydrogens is 790 g/mol. The molecule has 0 unspecified atom stereocenters. The maximum absolute atomic E-state index is 12.7. The predicted molar refractivity (Wildman–Crippen MR) is 198 cm³/mol. The molecule has 0 aromatic rings. The zero-order valence-corrected chi connectivity index (χ0v) is 32.8. The van der Waals surface area contributed by atoms with E-state index in [1.807, 2.05) is 0 Å². The van der Waals surface area contributed by atoms with Crippen LogP contribution in [0.5, 0.6) is 0 Å². The van der Waals surface area contributed by atoms with Crippen LogP contribution in [0, 0.1) is 0 Å². The number of aliphatic carboxylic acids is 3. The normalized spacial score (nSPS) is 10.3. The Balaban J connectivity index is 4.96. The highest BCUT2D eigenvalue weighted by atomic mass is 16.4. The van der Waals surface area contributed by atoms with Crippen LogP contribution in [-0.4, -0.2) is 178 Å². The summed E-state index contributed by atoms with van der Waals surface area (Å²) in [5.41, 5.74) is 0. The first-order valence-electron chi connectivity index (χ1n) is 18.3. The minimum atomic E-state index is -1.53. The second-order valence-electron chi connectivity index (χ2n) is 12.7. The summed E-state index contributed by atoms with van der Waals surface area (Å²) >= 11 is 0. The molecule has 0 radical (unpaired) electrons. The summed E-state index contributed by atoms with van der Waals surface area (Å²) in [6, 6.07) is 0. The molecule has 0 rings (SSSR count). The average molecular weight is 842 g/mol. The molecule has 7 N–H and O–H groups in total. The van der Waals surface area contributed by atoms with Crippen LogP contribution in [0.2, 0.25) is 0 Å². The van der Waals surface area contributed by atoms with Gasteiger partial charge < -0.3 is 51.3 Å². The second kappa shape index (κ2) is 28.7. The number of Topliss-reactive ketones (excluding diaryl/α,β-unsaturated/α-hetero) is 4. The summed E-state index contributed by atoms with van der Waals surface area (Å²) in [5, 5.41) is 36.5. The van der Waals surface area contributed by atoms with Crippen molar-refractivity contribution in [3.05, 3.63) is 0 Å². The van der Waals surface area contributed by atoms with Gasteiger partial charge in [-0.3, -0.25) is 67.1 Å². The van der Waals surface area contributed by atoms with Gasteiger partial charge in [-0.1, -0.05) is 6.92 Å². The molecule has 7 amide bonds. The van der Waals surface area contributed by atoms with Crippen molar-refractivity contribution in [3.63, 3.8) is 0 Å². The van der Waals surface area contributed by atoms with Crippen molar-refractivity contribution in [2.24, 2.45) is 0 Å². The van der Waals surface area contributed by atoms with E-state index in [4.69, 9.17) is 10.2 Å². The van der Waals surface area contributed by atoms with Crippen molar-refractivity contribution in [3.8, 4) is 0 Å². The van der Waals surface area contributed by atoms with E-state index < -0.39 is 155 Å². The summed E-state index contributed by atoms with van der Waals surface area (Å²) in [7, 11) is 0. The molecule has 24 heteroatoms. The maximum atomic E-state index is 12.7. The van der Waals surface area contributed by atoms with Crippen molar-refractivity contribution in [1.29, 1.82) is 0 Å². The number of hydrogen-bond donors (Lipinski definition) is 7. The number of nitrogens with zero attached hydrogens (tertiary/aromatic N) is 3. The molecule has 0 aromatic carbocycles. The summed E-state index contributed by atoms with van der Waals surface area (Å²) < 4.78 is 0. The Morgan fingerprint density at radius 2 is 0.644 bits per heavy atom. The Labute approximate surface area is 337 Å². The highest BCUT2D eigenvalue weighted by molar-refractivity contribution is 5.95. The fourth-order valence-corrected chi connectivity index (χ4v) is 4.66. The second-order valence-corrected chi connectivity index (χ2v) is 12.7. The highest BCUT2D eigenvalue weighted by Crippen LogP contribution is 2.04. The topological polar surface area (TPSA) is 358 Å². The average Bonchev–Trinajstić information content (AvgIpc) is 3.16. The Morgan fingerprint density at radius 1 is 0.356 bits per heavy atom. The van der Waals surface area contributed by atoms with Gasteiger partial charge in [-0.25, -0.2) is 0 Å². The third kappa shape index (κ3) is 26.0. The number of carboxylic acids is 3. The van der Waals surface area contributed by atoms with Gasteiger partial charge in [0.1, 0.15) is 45.1 Å². The van der Waals surface area contributed by atoms with Gasteiger partial charge >= 0.3 is 17.9 Å². The lowest BCUT2D eigenvalue weighted by molar-refractivity contribution is -0.146. The van der Waals surface area contributed by atoms with E-state index in [-0.39, 0.29) is 43.8 Å². The molecule has 0 heterocycles. The highest BCUT2D eigenvalue weighted by Gasteiger charge is 2.24. The molecule has 24 nitrogen and oxygen atoms in total. The van der Waals surface area contributed by atoms with E-state index in [1.54, 1.807) is 13.8 Å². The van der Waals surface area contributed by atoms with E-state index in [0.717, 1.165) is 0 Å². The molecule has 0 bridgehead atoms. The van der Waals surface area contributed by atoms with Crippen LogP contribution in [0.25, 0.3) is 0 Å². The van der Waals surface area contributed by atoms with E-state index in [2.05, 4.69) is 21.3 Å². The summed E-state index contributed by atoms with van der Waals surface area (Å²) in [5.74, 6) is -12.5. The van der Waals surface area contributed by atoms with E-state index in [1.165, 1.54) is 0 Å². The van der Waals surface area contributed by atoms with Gasteiger partial charge in [0.15, 0.2) is 17.3 Å². The Kier molecular flexibility index (Phi) is 25.5. The molecule has 59 heavy (non-hydrogen) atoms. The fraction of sp³-hybridized carbons (Fsp3) is 0.600. The first-order valence-corrected chi connectivity index (χ1v) is 18.3. The van der Waals surface area contributed by atoms with Crippen LogP contribution in [0.15, 0.2) is 0 Å². The molecule has 328 valence electrons. The molecular formula is C35H51N7O17. The zero-order chi connectivity index (χ0) is 45.1. The van der Waals surface area contributed by atoms with Crippen molar-refractivity contribution < 1.29 is 82.4 Å². The van der Waals surface area contributed by atoms with Gasteiger partial charge in [-0.15, -0.1) is 0 Å². The van der Waals surface area contributed by atoms with Crippen LogP contribution >= 0.6 is 0 Å². The lowest BCUT2D eigenvalue weighted by Gasteiger charge is -2.21. The smallest absolute Gasteiger partial charge is 0.323 e. The number of nitrogens with one attached hydrogen (secondary N) is 4. The van der Waals surface area contributed by atoms with Crippen molar-refractivity contribution >= 4 is 82.4 Å². The van der Waals surface area contributed by atoms with Gasteiger partial charge in [0.25, 0.3) is 0 Å². The van der Waals surface area contributed by atoms with Crippen molar-refractivity contribution in [2.75, 3.05) is 65.4 Å². The van der Waals surface area contributed by atoms with Crippen LogP contribution in [-0.2, 0) is 67.1 Å². The molecule has 0 atom stereocenters. The SMILES string of the molecule is CCNC(=O)CCC(=O)CNC(=O)CN(CC(=O)O)C(=O)CCC(=O)CNC(=O)CN(CC(=O)O)C(=O)CCC(=O)CNC(=O)CN(CC(=O)O)C(=O)CCC(=O)CC. The number of rotatable bonds is 32. The molecule has 0 fully saturated rings. The first kappa shape index (κ1) is 52.4. The Bertz CT molecular complexity index is 1610. The monoisotopic (exact) mass is 841 g/mol. The number of carbonyl (C=O) groups is 14. The van der Waals surface area contributed by atoms with Crippen LogP contribution in [0.1, 0.15) is 71.6 Å². The molecule has 0 saturated carbocycles. The van der Waals surface area contributed by atoms with Crippen LogP contribution < -0.4 is 21.3 Å². The summed E-state index contributed by atoms with van der Waals surface area (Å²) in [4.78, 5) is 170. The Hall–Kier alpha value is -6.62. The van der Waals surface area contributed by atoms with E-state index in [0.29, 0.717) is 21.2 Å². The summed E-state index contributed by atoms with van der Waals surface area (Å²) in [6.45, 7) is -3.30. The van der Waals surface area contributed by atoms with Gasteiger partial charge in [-0.05, 0) is 6.92 Å². The maximum Gasteiger partial charge on any atom is 0.323 e. The molecule has 0 aliphatic heterocycles. The molecule has 0 aliphatic rings. The zero-order valence-electron chi connectivity index (χ0n) is 32.8. The fourth-order valence-electron chi connectivity index (χ4n) is 4.66. The van der Waals surface area contributed by atoms with E-state index in [9.17, 15) is 72.2 Å². The van der Waals surface area contributed by atoms with Crippen molar-refractivity contribution in [2.45, 2.75) is 71.6 Å². The van der Waals surface area contributed by atoms with Gasteiger partial charge in [0, 0.05) is 64.3 Å². The largest absolute Gasteiger partial charge is 0.480 e. The number of ketones is 4. The number of carboxylic acid groups (broad SMARTS) is 3. The van der Waals surface area contributed by atoms with Crippen LogP contribution in [0.4, 0.5) is 0 Å². The van der Waals surface area contributed by atoms with Gasteiger partial charge in [0.05, 0.1) is 19.6 Å². The van der Waals surface area contributed by atoms with E-state index >= 15 is 0 Å². The summed E-state index contributed by atoms with van der Waals surface area (Å²) in [6.07, 6.45) is -2.84. The predicted octanol–water partition coefficient (Wildman–Crippen LogP) is -3.98. The van der Waals surface area contributed by atoms with Crippen LogP contribution in [0.3, 0.4) is 0 Å². The molecule has 0 saturated heterocycles. The molecule has 0 aromatic heterocycles. The van der Waals surface area contributed by atoms with Crippen molar-refractivity contribution in [1.82, 2.24) is 36.0 Å². The quantitative estimate of drug-likeness (QED) is 0.0339. The number of amides is 7. The number of carbonyl (C=O) groups excluding carboxylic acids is 11. The lowest BCUT2D eigenvalue weighted by Crippen LogP contribution is -2.45. The molecule has 0 spiro atoms. The third-order valence-corrected chi connectivity index (χ3v) is 7.74. The third-order valence-electron chi connectivity index (χ3n) is 7.74. The minimum Gasteiger partial charge on any atom is -0.480 e. The standard InChI is InChI=1S/C35H51N7O17/c1-3-22(43)6-10-30(51)40(19-33(54)55)16-28(49)38-14-24(45)8-12-32(53)42(21-35(58)59)18-29(50)39-15-25(46)7-11-31(52)41(20-34(56)57)17-27(48)37-13-23(44)5-9-26(47)36-4-2/h3-21H2,1-2H3,(H,36,47)(H,37,48)(H,38,49)(H,39,50)(H,54,55)(H,56,57)(H,58,59). The molecule has 0 aliphatic carbocycles. The Morgan fingerprint density at radius 3 is 0.915 bits per heavy atom. The first-order chi connectivity index (χ1) is 27.7. The lowest BCUT2D eigenvalue weighted by atomic mass is 10.1. The van der Waals surface area contributed by atoms with Gasteiger partial charge in [0.2, 0.25) is 41.4 Å². The van der Waals surface area contributed by atoms with Gasteiger partial charge in [-0.2, -0.15) is 0 Å². The minimum absolute atomic E-state index is 0.105.